The summed E-state index contributed by atoms with van der Waals surface area (Å²) in [6, 6.07) is 8.03. The van der Waals surface area contributed by atoms with E-state index in [4.69, 9.17) is 10.5 Å². The number of hydrogen-bond acceptors (Lipinski definition) is 4. The normalized spacial score (nSPS) is 13.9. The van der Waals surface area contributed by atoms with Crippen LogP contribution in [0.3, 0.4) is 0 Å². The summed E-state index contributed by atoms with van der Waals surface area (Å²) in [7, 11) is 3.74. The van der Waals surface area contributed by atoms with Crippen molar-refractivity contribution in [1.29, 1.82) is 0 Å². The molecule has 0 heterocycles. The summed E-state index contributed by atoms with van der Waals surface area (Å²) in [4.78, 5) is 2.20. The van der Waals surface area contributed by atoms with Gasteiger partial charge >= 0.3 is 0 Å². The highest BCUT2D eigenvalue weighted by atomic mass is 16.5. The third-order valence-corrected chi connectivity index (χ3v) is 3.41. The Morgan fingerprint density at radius 3 is 2.42 bits per heavy atom. The van der Waals surface area contributed by atoms with Crippen molar-refractivity contribution < 1.29 is 9.84 Å². The fourth-order valence-electron chi connectivity index (χ4n) is 1.92. The van der Waals surface area contributed by atoms with Crippen LogP contribution in [0.15, 0.2) is 24.3 Å². The van der Waals surface area contributed by atoms with E-state index in [1.165, 1.54) is 5.69 Å². The van der Waals surface area contributed by atoms with Crippen molar-refractivity contribution in [2.75, 3.05) is 32.1 Å². The molecule has 0 bridgehead atoms. The largest absolute Gasteiger partial charge is 0.497 e. The van der Waals surface area contributed by atoms with Gasteiger partial charge in [0.25, 0.3) is 0 Å². The quantitative estimate of drug-likeness (QED) is 0.707. The summed E-state index contributed by atoms with van der Waals surface area (Å²) in [6.07, 6.45) is 2.77. The summed E-state index contributed by atoms with van der Waals surface area (Å²) < 4.78 is 5.14. The Balaban J connectivity index is 2.32. The van der Waals surface area contributed by atoms with Gasteiger partial charge in [-0.2, -0.15) is 0 Å². The van der Waals surface area contributed by atoms with Gasteiger partial charge in [0, 0.05) is 25.8 Å². The molecule has 0 spiro atoms. The average molecular weight is 266 g/mol. The van der Waals surface area contributed by atoms with Crippen LogP contribution in [0, 0.1) is 0 Å². The highest BCUT2D eigenvalue weighted by molar-refractivity contribution is 5.48. The van der Waals surface area contributed by atoms with Crippen LogP contribution in [0.1, 0.15) is 26.2 Å². The minimum atomic E-state index is -0.724. The Morgan fingerprint density at radius 1 is 1.26 bits per heavy atom. The van der Waals surface area contributed by atoms with Crippen LogP contribution in [0.4, 0.5) is 5.69 Å². The molecule has 4 heteroatoms. The molecule has 1 aromatic rings. The number of ether oxygens (including phenoxy) is 1. The summed E-state index contributed by atoms with van der Waals surface area (Å²) in [5, 5.41) is 9.81. The van der Waals surface area contributed by atoms with E-state index in [0.29, 0.717) is 6.54 Å². The average Bonchev–Trinajstić information content (AvgIpc) is 2.43. The molecule has 4 nitrogen and oxygen atoms in total. The number of aliphatic hydroxyl groups is 1. The maximum atomic E-state index is 9.81. The van der Waals surface area contributed by atoms with Gasteiger partial charge in [0.2, 0.25) is 0 Å². The number of hydrogen-bond donors (Lipinski definition) is 2. The number of nitrogens with zero attached hydrogens (tertiary/aromatic N) is 1. The van der Waals surface area contributed by atoms with Gasteiger partial charge in [0.05, 0.1) is 12.7 Å². The highest BCUT2D eigenvalue weighted by Crippen LogP contribution is 2.19. The number of benzene rings is 1. The van der Waals surface area contributed by atoms with Crippen LogP contribution < -0.4 is 15.4 Å². The number of nitrogens with two attached hydrogens (primary N) is 1. The molecule has 0 saturated heterocycles. The van der Waals surface area contributed by atoms with E-state index < -0.39 is 5.60 Å². The molecule has 0 aromatic heterocycles. The first kappa shape index (κ1) is 15.8. The van der Waals surface area contributed by atoms with E-state index in [1.807, 2.05) is 12.1 Å². The first-order chi connectivity index (χ1) is 8.98. The summed E-state index contributed by atoms with van der Waals surface area (Å²) in [5.74, 6) is 0.871. The first-order valence-electron chi connectivity index (χ1n) is 6.76. The zero-order chi connectivity index (χ0) is 14.3. The summed E-state index contributed by atoms with van der Waals surface area (Å²) >= 11 is 0. The van der Waals surface area contributed by atoms with Gasteiger partial charge in [0.15, 0.2) is 0 Å². The van der Waals surface area contributed by atoms with Crippen molar-refractivity contribution >= 4 is 5.69 Å². The van der Waals surface area contributed by atoms with E-state index >= 15 is 0 Å². The van der Waals surface area contributed by atoms with E-state index in [2.05, 4.69) is 24.1 Å². The van der Waals surface area contributed by atoms with Crippen LogP contribution in [0.2, 0.25) is 0 Å². The second-order valence-corrected chi connectivity index (χ2v) is 5.28. The molecule has 19 heavy (non-hydrogen) atoms. The van der Waals surface area contributed by atoms with Crippen molar-refractivity contribution in [3.05, 3.63) is 24.3 Å². The summed E-state index contributed by atoms with van der Waals surface area (Å²) in [5.41, 5.74) is 5.94. The molecule has 108 valence electrons. The molecule has 1 rings (SSSR count). The molecule has 0 aliphatic rings. The van der Waals surface area contributed by atoms with Gasteiger partial charge in [-0.1, -0.05) is 0 Å². The SMILES string of the molecule is COc1ccc(N(C)CCCCC(C)(O)CN)cc1. The van der Waals surface area contributed by atoms with Crippen molar-refractivity contribution in [2.24, 2.45) is 5.73 Å². The number of rotatable bonds is 8. The van der Waals surface area contributed by atoms with Gasteiger partial charge in [-0.25, -0.2) is 0 Å². The molecular formula is C15H26N2O2. The smallest absolute Gasteiger partial charge is 0.119 e. The molecule has 1 atom stereocenters. The maximum Gasteiger partial charge on any atom is 0.119 e. The zero-order valence-electron chi connectivity index (χ0n) is 12.2. The molecule has 0 amide bonds. The fraction of sp³-hybridized carbons (Fsp3) is 0.600. The van der Waals surface area contributed by atoms with Crippen molar-refractivity contribution in [1.82, 2.24) is 0 Å². The topological polar surface area (TPSA) is 58.7 Å². The Bertz CT molecular complexity index is 363. The highest BCUT2D eigenvalue weighted by Gasteiger charge is 2.16. The number of anilines is 1. The first-order valence-corrected chi connectivity index (χ1v) is 6.76. The second kappa shape index (κ2) is 7.36. The predicted molar refractivity (Wildman–Crippen MR) is 79.8 cm³/mol. The van der Waals surface area contributed by atoms with Gasteiger partial charge in [-0.05, 0) is 50.5 Å². The lowest BCUT2D eigenvalue weighted by molar-refractivity contribution is 0.0575. The minimum absolute atomic E-state index is 0.321. The van der Waals surface area contributed by atoms with Crippen LogP contribution in [-0.2, 0) is 0 Å². The lowest BCUT2D eigenvalue weighted by atomic mass is 9.99. The standard InChI is InChI=1S/C15H26N2O2/c1-15(18,12-16)10-4-5-11-17(2)13-6-8-14(19-3)9-7-13/h6-9,18H,4-5,10-12,16H2,1-3H3. The van der Waals surface area contributed by atoms with Gasteiger partial charge in [-0.3, -0.25) is 0 Å². The Labute approximate surface area is 116 Å². The predicted octanol–water partition coefficient (Wildman–Crippen LogP) is 2.01. The Morgan fingerprint density at radius 2 is 1.89 bits per heavy atom. The third-order valence-electron chi connectivity index (χ3n) is 3.41. The lowest BCUT2D eigenvalue weighted by Crippen LogP contribution is -2.34. The van der Waals surface area contributed by atoms with Crippen LogP contribution in [0.25, 0.3) is 0 Å². The van der Waals surface area contributed by atoms with Crippen LogP contribution >= 0.6 is 0 Å². The Kier molecular flexibility index (Phi) is 6.12. The van der Waals surface area contributed by atoms with Crippen molar-refractivity contribution in [2.45, 2.75) is 31.8 Å². The van der Waals surface area contributed by atoms with Crippen LogP contribution in [-0.4, -0.2) is 38.0 Å². The lowest BCUT2D eigenvalue weighted by Gasteiger charge is -2.23. The van der Waals surface area contributed by atoms with E-state index in [0.717, 1.165) is 31.6 Å². The fourth-order valence-corrected chi connectivity index (χ4v) is 1.92. The second-order valence-electron chi connectivity index (χ2n) is 5.28. The van der Waals surface area contributed by atoms with Crippen LogP contribution in [0.5, 0.6) is 5.75 Å². The van der Waals surface area contributed by atoms with Gasteiger partial charge in [0.1, 0.15) is 5.75 Å². The van der Waals surface area contributed by atoms with Gasteiger partial charge < -0.3 is 20.5 Å². The van der Waals surface area contributed by atoms with Gasteiger partial charge in [-0.15, -0.1) is 0 Å². The molecule has 3 N–H and O–H groups in total. The molecule has 0 radical (unpaired) electrons. The number of unbranched alkanes of at least 4 members (excludes halogenated alkanes) is 1. The van der Waals surface area contributed by atoms with Crippen molar-refractivity contribution in [3.8, 4) is 5.75 Å². The molecule has 1 aromatic carbocycles. The molecular weight excluding hydrogens is 240 g/mol. The molecule has 0 saturated carbocycles. The van der Waals surface area contributed by atoms with E-state index in [-0.39, 0.29) is 0 Å². The number of methoxy groups -OCH3 is 1. The zero-order valence-corrected chi connectivity index (χ0v) is 12.2. The maximum absolute atomic E-state index is 9.81. The molecule has 0 aliphatic carbocycles. The molecule has 0 fully saturated rings. The molecule has 0 aliphatic heterocycles. The van der Waals surface area contributed by atoms with Crippen molar-refractivity contribution in [3.63, 3.8) is 0 Å². The molecule has 1 unspecified atom stereocenters. The minimum Gasteiger partial charge on any atom is -0.497 e. The third kappa shape index (κ3) is 5.49. The monoisotopic (exact) mass is 266 g/mol. The Hall–Kier alpha value is -1.26. The van der Waals surface area contributed by atoms with E-state index in [9.17, 15) is 5.11 Å². The van der Waals surface area contributed by atoms with E-state index in [1.54, 1.807) is 14.0 Å². The summed E-state index contributed by atoms with van der Waals surface area (Å²) in [6.45, 7) is 3.08.